The number of hydrogen-bond acceptors (Lipinski definition) is 9. The number of piperazine rings is 1. The molecule has 0 amide bonds. The van der Waals surface area contributed by atoms with Crippen LogP contribution < -0.4 is 0 Å². The van der Waals surface area contributed by atoms with E-state index in [9.17, 15) is 8.42 Å². The molecule has 4 heterocycles. The van der Waals surface area contributed by atoms with Crippen molar-refractivity contribution in [2.24, 2.45) is 0 Å². The average molecular weight is 503 g/mol. The fourth-order valence-corrected chi connectivity index (χ4v) is 7.19. The molecule has 0 N–H and O–H groups in total. The lowest BCUT2D eigenvalue weighted by Crippen LogP contribution is -2.55. The number of morpholine rings is 1. The fourth-order valence-electron chi connectivity index (χ4n) is 4.29. The topological polar surface area (TPSA) is 82.1 Å². The highest BCUT2D eigenvalue weighted by Gasteiger charge is 2.36. The van der Waals surface area contributed by atoms with Crippen LogP contribution in [0.25, 0.3) is 10.2 Å². The van der Waals surface area contributed by atoms with Gasteiger partial charge < -0.3 is 9.64 Å². The summed E-state index contributed by atoms with van der Waals surface area (Å²) in [6.07, 6.45) is 4.07. The Morgan fingerprint density at radius 1 is 1.25 bits per heavy atom. The quantitative estimate of drug-likeness (QED) is 0.502. The molecule has 32 heavy (non-hydrogen) atoms. The Morgan fingerprint density at radius 2 is 2.03 bits per heavy atom. The van der Waals surface area contributed by atoms with E-state index >= 15 is 0 Å². The van der Waals surface area contributed by atoms with Gasteiger partial charge in [-0.3, -0.25) is 9.80 Å². The Bertz CT molecular complexity index is 963. The zero-order valence-electron chi connectivity index (χ0n) is 18.6. The van der Waals surface area contributed by atoms with E-state index in [1.54, 1.807) is 22.0 Å². The maximum Gasteiger partial charge on any atom is 0.214 e. The van der Waals surface area contributed by atoms with Crippen LogP contribution in [-0.4, -0.2) is 115 Å². The number of thiophene rings is 1. The molecule has 0 aliphatic carbocycles. The van der Waals surface area contributed by atoms with E-state index in [0.717, 1.165) is 23.3 Å². The molecule has 0 saturated carbocycles. The minimum atomic E-state index is -3.24. The standard InChI is InChI=1S/C20H31ClN6O3S2/c1-24(2)4-3-11-32(28,29)27-7-5-25(6-8-27)20(26-9-10-30-19(21)14-26)17-12-16-18(31-17)13-22-15-23-16/h12-13,15,19-20H,3-11,14H2,1-2H3. The Labute approximate surface area is 199 Å². The molecule has 0 spiro atoms. The first-order valence-electron chi connectivity index (χ1n) is 10.9. The predicted molar refractivity (Wildman–Crippen MR) is 127 cm³/mol. The minimum Gasteiger partial charge on any atom is -0.360 e. The molecule has 2 aromatic heterocycles. The van der Waals surface area contributed by atoms with Gasteiger partial charge in [-0.1, -0.05) is 11.6 Å². The average Bonchev–Trinajstić information content (AvgIpc) is 3.17. The number of fused-ring (bicyclic) bond motifs is 1. The summed E-state index contributed by atoms with van der Waals surface area (Å²) in [7, 11) is 0.684. The number of halogens is 1. The van der Waals surface area contributed by atoms with E-state index in [2.05, 4.69) is 25.8 Å². The highest BCUT2D eigenvalue weighted by Crippen LogP contribution is 2.35. The molecule has 2 fully saturated rings. The number of sulfonamides is 1. The summed E-state index contributed by atoms with van der Waals surface area (Å²) in [5.74, 6) is 0.195. The molecule has 0 radical (unpaired) electrons. The van der Waals surface area contributed by atoms with E-state index in [1.165, 1.54) is 4.88 Å². The second-order valence-electron chi connectivity index (χ2n) is 8.48. The van der Waals surface area contributed by atoms with Crippen molar-refractivity contribution in [3.63, 3.8) is 0 Å². The number of hydrogen-bond donors (Lipinski definition) is 0. The van der Waals surface area contributed by atoms with E-state index < -0.39 is 10.0 Å². The summed E-state index contributed by atoms with van der Waals surface area (Å²) >= 11 is 8.01. The van der Waals surface area contributed by atoms with Crippen molar-refractivity contribution in [3.05, 3.63) is 23.5 Å². The number of rotatable bonds is 8. The van der Waals surface area contributed by atoms with Gasteiger partial charge in [-0.25, -0.2) is 18.4 Å². The highest BCUT2D eigenvalue weighted by molar-refractivity contribution is 7.89. The molecule has 2 atom stereocenters. The first-order chi connectivity index (χ1) is 15.3. The Morgan fingerprint density at radius 3 is 2.72 bits per heavy atom. The lowest BCUT2D eigenvalue weighted by Gasteiger charge is -2.45. The van der Waals surface area contributed by atoms with Crippen molar-refractivity contribution < 1.29 is 13.2 Å². The van der Waals surface area contributed by atoms with E-state index in [1.807, 2.05) is 25.2 Å². The molecule has 4 rings (SSSR count). The molecule has 2 aliphatic rings. The molecule has 2 saturated heterocycles. The van der Waals surface area contributed by atoms with Crippen molar-refractivity contribution in [2.45, 2.75) is 18.1 Å². The third-order valence-corrected chi connectivity index (χ3v) is 9.21. The van der Waals surface area contributed by atoms with E-state index in [4.69, 9.17) is 16.3 Å². The third-order valence-electron chi connectivity index (χ3n) is 5.89. The zero-order chi connectivity index (χ0) is 22.7. The van der Waals surface area contributed by atoms with Crippen LogP contribution in [0.3, 0.4) is 0 Å². The summed E-state index contributed by atoms with van der Waals surface area (Å²) in [4.78, 5) is 16.4. The lowest BCUT2D eigenvalue weighted by molar-refractivity contribution is -0.0544. The Balaban J connectivity index is 1.49. The van der Waals surface area contributed by atoms with Crippen LogP contribution in [0.5, 0.6) is 0 Å². The third kappa shape index (κ3) is 5.76. The van der Waals surface area contributed by atoms with Gasteiger partial charge in [0.05, 0.1) is 28.7 Å². The molecular weight excluding hydrogens is 472 g/mol. The zero-order valence-corrected chi connectivity index (χ0v) is 20.9. The second kappa shape index (κ2) is 10.6. The van der Waals surface area contributed by atoms with Crippen molar-refractivity contribution in [2.75, 3.05) is 72.3 Å². The molecule has 0 bridgehead atoms. The molecule has 9 nitrogen and oxygen atoms in total. The summed E-state index contributed by atoms with van der Waals surface area (Å²) < 4.78 is 33.9. The van der Waals surface area contributed by atoms with Crippen LogP contribution in [-0.2, 0) is 14.8 Å². The summed E-state index contributed by atoms with van der Waals surface area (Å²) in [5, 5.41) is 0. The molecule has 12 heteroatoms. The van der Waals surface area contributed by atoms with Gasteiger partial charge in [0.2, 0.25) is 10.0 Å². The largest absolute Gasteiger partial charge is 0.360 e. The first-order valence-corrected chi connectivity index (χ1v) is 13.8. The van der Waals surface area contributed by atoms with Crippen LogP contribution in [0.15, 0.2) is 18.6 Å². The van der Waals surface area contributed by atoms with Gasteiger partial charge in [-0.2, -0.15) is 4.31 Å². The molecule has 2 unspecified atom stereocenters. The van der Waals surface area contributed by atoms with Gasteiger partial charge in [0, 0.05) is 50.3 Å². The minimum absolute atomic E-state index is 0.0120. The molecular formula is C20H31ClN6O3S2. The van der Waals surface area contributed by atoms with Gasteiger partial charge in [0.1, 0.15) is 11.9 Å². The van der Waals surface area contributed by atoms with Crippen molar-refractivity contribution in [1.82, 2.24) is 29.0 Å². The van der Waals surface area contributed by atoms with Gasteiger partial charge in [-0.05, 0) is 33.1 Å². The van der Waals surface area contributed by atoms with E-state index in [0.29, 0.717) is 45.8 Å². The molecule has 2 aromatic rings. The predicted octanol–water partition coefficient (Wildman–Crippen LogP) is 1.49. The number of alkyl halides is 1. The summed E-state index contributed by atoms with van der Waals surface area (Å²) in [6.45, 7) is 5.08. The molecule has 178 valence electrons. The Kier molecular flexibility index (Phi) is 7.99. The number of nitrogens with zero attached hydrogens (tertiary/aromatic N) is 6. The number of aromatic nitrogens is 2. The second-order valence-corrected chi connectivity index (χ2v) is 12.2. The van der Waals surface area contributed by atoms with Gasteiger partial charge >= 0.3 is 0 Å². The monoisotopic (exact) mass is 502 g/mol. The van der Waals surface area contributed by atoms with Crippen LogP contribution in [0, 0.1) is 0 Å². The van der Waals surface area contributed by atoms with Gasteiger partial charge in [-0.15, -0.1) is 11.3 Å². The Hall–Kier alpha value is -0.920. The maximum absolute atomic E-state index is 12.8. The first kappa shape index (κ1) is 24.2. The van der Waals surface area contributed by atoms with Crippen LogP contribution in [0.2, 0.25) is 0 Å². The number of ether oxygens (including phenoxy) is 1. The normalized spacial score (nSPS) is 23.2. The van der Waals surface area contributed by atoms with Crippen LogP contribution in [0.4, 0.5) is 0 Å². The highest BCUT2D eigenvalue weighted by atomic mass is 35.5. The van der Waals surface area contributed by atoms with Crippen LogP contribution >= 0.6 is 22.9 Å². The van der Waals surface area contributed by atoms with Crippen LogP contribution in [0.1, 0.15) is 17.5 Å². The fraction of sp³-hybridized carbons (Fsp3) is 0.700. The van der Waals surface area contributed by atoms with Gasteiger partial charge in [0.15, 0.2) is 0 Å². The SMILES string of the molecule is CN(C)CCCS(=O)(=O)N1CCN(C(c2cc3ncncc3s2)N2CCOC(Cl)C2)CC1. The van der Waals surface area contributed by atoms with Crippen molar-refractivity contribution >= 4 is 43.2 Å². The summed E-state index contributed by atoms with van der Waals surface area (Å²) in [5.41, 5.74) is 0.585. The summed E-state index contributed by atoms with van der Waals surface area (Å²) in [6, 6.07) is 2.12. The lowest BCUT2D eigenvalue weighted by atomic mass is 10.2. The van der Waals surface area contributed by atoms with E-state index in [-0.39, 0.29) is 17.5 Å². The maximum atomic E-state index is 12.8. The molecule has 0 aromatic carbocycles. The van der Waals surface area contributed by atoms with Gasteiger partial charge in [0.25, 0.3) is 0 Å². The van der Waals surface area contributed by atoms with Crippen molar-refractivity contribution in [3.8, 4) is 0 Å². The molecule has 2 aliphatic heterocycles. The smallest absolute Gasteiger partial charge is 0.214 e. The van der Waals surface area contributed by atoms with Crippen molar-refractivity contribution in [1.29, 1.82) is 0 Å².